The second kappa shape index (κ2) is 27.6. The standard InChI is InChI=1S/C16H11F2NO.C15H9F2NO2.C10H9NO.C10H20.C6H3F2I.Li.H2O/c1-10(20)11-2-5-16-12(8-11)6-7-19(16)13-3-4-14(17)15(18)9-13;16-12-3-2-11(8-13(12)17)18-6-5-9-7-10(15(19)20)1-4-14(9)18;1-7(12)8-2-3-10-9(6-8)4-5-11-10;1-3-9-7-5-6-8-10(9)4-2;7-5-2-1-4(9)3-6(5)8;;/h2-9H,1H3;1-8H,(H,19,20);2-6,11H,1H3;9-10H,3-8H2,1-2H3;1-3H;;1H2/q;;;;;+1;/p-1/t;;;9-,10-;;;/m...1.../s1. The summed E-state index contributed by atoms with van der Waals surface area (Å²) in [7, 11) is 0. The Morgan fingerprint density at radius 2 is 0.973 bits per heavy atom. The number of carboxylic acid groups (broad SMARTS) is 1. The quantitative estimate of drug-likeness (QED) is 0.0540. The number of hydrogen-bond donors (Lipinski definition) is 2. The molecule has 376 valence electrons. The monoisotopic (exact) mass is 1110 g/mol. The number of fused-ring (bicyclic) bond motifs is 3. The Labute approximate surface area is 445 Å². The number of Topliss-reactive ketones (excluding diaryl/α,β-unsaturated/α-hetero) is 2. The maximum Gasteiger partial charge on any atom is 1.00 e. The molecule has 0 saturated heterocycles. The zero-order valence-corrected chi connectivity index (χ0v) is 43.1. The van der Waals surface area contributed by atoms with Gasteiger partial charge in [-0.15, -0.1) is 0 Å². The Balaban J connectivity index is 0.000000204. The summed E-state index contributed by atoms with van der Waals surface area (Å²) in [6.07, 6.45) is 14.2. The number of nitrogens with zero attached hydrogens (tertiary/aromatic N) is 2. The Hall–Kier alpha value is -6.38. The molecule has 0 amide bonds. The largest absolute Gasteiger partial charge is 1.00 e. The minimum atomic E-state index is -1.01. The summed E-state index contributed by atoms with van der Waals surface area (Å²) in [6, 6.07) is 32.3. The first kappa shape index (κ1) is 59.2. The van der Waals surface area contributed by atoms with Crippen LogP contribution in [0, 0.1) is 50.3 Å². The predicted octanol–water partition coefficient (Wildman–Crippen LogP) is 13.1. The third kappa shape index (κ3) is 15.6. The fourth-order valence-corrected chi connectivity index (χ4v) is 8.91. The maximum absolute atomic E-state index is 13.3. The number of benzene rings is 6. The van der Waals surface area contributed by atoms with Gasteiger partial charge in [-0.3, -0.25) is 9.59 Å². The Kier molecular flexibility index (Phi) is 22.4. The molecule has 2 atom stereocenters. The van der Waals surface area contributed by atoms with Gasteiger partial charge in [0.2, 0.25) is 0 Å². The number of aromatic carboxylic acids is 1. The molecule has 6 aromatic carbocycles. The van der Waals surface area contributed by atoms with Crippen molar-refractivity contribution in [2.75, 3.05) is 0 Å². The zero-order valence-electron chi connectivity index (χ0n) is 40.9. The zero-order chi connectivity index (χ0) is 51.4. The molecule has 9 aromatic rings. The summed E-state index contributed by atoms with van der Waals surface area (Å²) in [5.74, 6) is -3.94. The van der Waals surface area contributed by atoms with Gasteiger partial charge < -0.3 is 24.7 Å². The number of nitrogens with one attached hydrogen (secondary N) is 1. The van der Waals surface area contributed by atoms with Gasteiger partial charge in [-0.2, -0.15) is 0 Å². The first-order valence-corrected chi connectivity index (χ1v) is 24.1. The normalized spacial score (nSPS) is 13.6. The van der Waals surface area contributed by atoms with E-state index in [9.17, 15) is 40.7 Å². The molecule has 16 heteroatoms. The van der Waals surface area contributed by atoms with Gasteiger partial charge in [0, 0.05) is 78.5 Å². The molecule has 0 unspecified atom stereocenters. The summed E-state index contributed by atoms with van der Waals surface area (Å²) >= 11 is 1.92. The fraction of sp³-hybridized carbons (Fsp3) is 0.211. The van der Waals surface area contributed by atoms with Crippen molar-refractivity contribution >= 4 is 72.8 Å². The third-order valence-corrected chi connectivity index (χ3v) is 13.0. The molecule has 0 aliphatic heterocycles. The van der Waals surface area contributed by atoms with Crippen molar-refractivity contribution in [1.82, 2.24) is 14.1 Å². The Bertz CT molecular complexity index is 3170. The van der Waals surface area contributed by atoms with Crippen LogP contribution in [0.3, 0.4) is 0 Å². The fourth-order valence-electron chi connectivity index (χ4n) is 8.46. The Morgan fingerprint density at radius 1 is 0.548 bits per heavy atom. The first-order chi connectivity index (χ1) is 34.0. The van der Waals surface area contributed by atoms with Crippen molar-refractivity contribution < 1.29 is 70.2 Å². The molecule has 1 aliphatic rings. The molecule has 0 spiro atoms. The van der Waals surface area contributed by atoms with Crippen LogP contribution in [0.1, 0.15) is 97.3 Å². The third-order valence-electron chi connectivity index (χ3n) is 12.4. The van der Waals surface area contributed by atoms with E-state index < -0.39 is 40.9 Å². The number of carbonyl (C=O) groups is 3. The van der Waals surface area contributed by atoms with E-state index in [0.29, 0.717) is 20.5 Å². The van der Waals surface area contributed by atoms with E-state index in [2.05, 4.69) is 18.8 Å². The molecule has 1 fully saturated rings. The van der Waals surface area contributed by atoms with E-state index in [1.54, 1.807) is 58.8 Å². The number of hydrogen-bond acceptors (Lipinski definition) is 4. The van der Waals surface area contributed by atoms with Crippen LogP contribution >= 0.6 is 22.6 Å². The molecule has 0 bridgehead atoms. The number of halogens is 7. The van der Waals surface area contributed by atoms with Crippen LogP contribution in [-0.4, -0.2) is 42.2 Å². The molecule has 1 aliphatic carbocycles. The van der Waals surface area contributed by atoms with Gasteiger partial charge in [0.05, 0.1) is 16.6 Å². The van der Waals surface area contributed by atoms with E-state index in [1.165, 1.54) is 75.8 Å². The van der Waals surface area contributed by atoms with E-state index in [0.717, 1.165) is 86.5 Å². The number of ketones is 2. The number of carbonyl (C=O) groups excluding carboxylic acids is 2. The second-order valence-corrected chi connectivity index (χ2v) is 18.2. The molecule has 3 N–H and O–H groups in total. The molecule has 73 heavy (non-hydrogen) atoms. The summed E-state index contributed by atoms with van der Waals surface area (Å²) in [6.45, 7) is 7.78. The molecule has 10 rings (SSSR count). The second-order valence-electron chi connectivity index (χ2n) is 17.0. The van der Waals surface area contributed by atoms with Gasteiger partial charge in [0.1, 0.15) is 0 Å². The molecular weight excluding hydrogens is 1050 g/mol. The van der Waals surface area contributed by atoms with Crippen molar-refractivity contribution in [3.8, 4) is 11.4 Å². The molecule has 8 nitrogen and oxygen atoms in total. The van der Waals surface area contributed by atoms with E-state index in [1.807, 2.05) is 59.1 Å². The SMILES string of the molecule is CC(=O)c1ccc2[nH]ccc2c1.CC(=O)c1ccc2c(ccn2-c2ccc(F)c(F)c2)c1.CC[C@@H]1CCCC[C@H]1CC.Fc1ccc(I)cc1F.O=C(O)c1ccc2c(ccn2-c2ccc(F)c(F)c2)c1.[Li+].[OH-]. The van der Waals surface area contributed by atoms with Crippen LogP contribution < -0.4 is 18.9 Å². The van der Waals surface area contributed by atoms with Crippen molar-refractivity contribution in [2.24, 2.45) is 11.8 Å². The van der Waals surface area contributed by atoms with Crippen LogP contribution in [0.4, 0.5) is 26.3 Å². The number of aromatic nitrogens is 3. The number of carboxylic acids is 1. The van der Waals surface area contributed by atoms with Gasteiger partial charge in [0.15, 0.2) is 46.5 Å². The van der Waals surface area contributed by atoms with Crippen LogP contribution in [0.5, 0.6) is 0 Å². The molecule has 1 saturated carbocycles. The number of H-pyrrole nitrogens is 1. The van der Waals surface area contributed by atoms with Gasteiger partial charge >= 0.3 is 24.8 Å². The van der Waals surface area contributed by atoms with Crippen LogP contribution in [-0.2, 0) is 0 Å². The van der Waals surface area contributed by atoms with Crippen molar-refractivity contribution in [1.29, 1.82) is 0 Å². The summed E-state index contributed by atoms with van der Waals surface area (Å²) in [5.41, 5.74) is 5.21. The first-order valence-electron chi connectivity index (χ1n) is 23.0. The predicted molar refractivity (Wildman–Crippen MR) is 279 cm³/mol. The van der Waals surface area contributed by atoms with Crippen LogP contribution in [0.2, 0.25) is 0 Å². The smallest absolute Gasteiger partial charge is 0.870 e. The maximum atomic E-state index is 13.3. The minimum absolute atomic E-state index is 0. The van der Waals surface area contributed by atoms with E-state index in [4.69, 9.17) is 5.11 Å². The van der Waals surface area contributed by atoms with Crippen molar-refractivity contribution in [3.63, 3.8) is 0 Å². The summed E-state index contributed by atoms with van der Waals surface area (Å²) in [5, 5.41) is 11.6. The van der Waals surface area contributed by atoms with Gasteiger partial charge in [-0.25, -0.2) is 31.1 Å². The average Bonchev–Trinajstić information content (AvgIpc) is 4.14. The summed E-state index contributed by atoms with van der Waals surface area (Å²) < 4.78 is 80.9. The number of aromatic amines is 1. The topological polar surface area (TPSA) is 127 Å². The van der Waals surface area contributed by atoms with Crippen LogP contribution in [0.25, 0.3) is 44.1 Å². The van der Waals surface area contributed by atoms with Crippen LogP contribution in [0.15, 0.2) is 146 Å². The van der Waals surface area contributed by atoms with Crippen molar-refractivity contribution in [2.45, 2.75) is 66.2 Å². The average molecular weight is 1110 g/mol. The van der Waals surface area contributed by atoms with E-state index >= 15 is 0 Å². The van der Waals surface area contributed by atoms with E-state index in [-0.39, 0.29) is 41.5 Å². The van der Waals surface area contributed by atoms with Gasteiger partial charge in [0.25, 0.3) is 0 Å². The molecular formula is C57H53F6ILiN3O5. The molecule has 0 radical (unpaired) electrons. The van der Waals surface area contributed by atoms with Crippen molar-refractivity contribution in [3.05, 3.63) is 201 Å². The Morgan fingerprint density at radius 3 is 1.40 bits per heavy atom. The molecule has 3 heterocycles. The summed E-state index contributed by atoms with van der Waals surface area (Å²) in [4.78, 5) is 36.3. The van der Waals surface area contributed by atoms with Gasteiger partial charge in [-0.1, -0.05) is 52.4 Å². The minimum Gasteiger partial charge on any atom is -0.870 e. The molecule has 3 aromatic heterocycles. The number of rotatable bonds is 7. The van der Waals surface area contributed by atoms with Gasteiger partial charge in [-0.05, 0) is 164 Å².